The Labute approximate surface area is 130 Å². The first-order chi connectivity index (χ1) is 10.8. The van der Waals surface area contributed by atoms with Gasteiger partial charge in [0.2, 0.25) is 0 Å². The van der Waals surface area contributed by atoms with Gasteiger partial charge in [-0.15, -0.1) is 0 Å². The van der Waals surface area contributed by atoms with Gasteiger partial charge in [0.15, 0.2) is 0 Å². The average Bonchev–Trinajstić information content (AvgIpc) is 2.48. The number of nitrogens with two attached hydrogens (primary N) is 1. The van der Waals surface area contributed by atoms with Crippen molar-refractivity contribution in [1.29, 1.82) is 0 Å². The Bertz CT molecular complexity index is 717. The normalized spacial score (nSPS) is 11.0. The molecule has 4 N–H and O–H groups in total. The highest BCUT2D eigenvalue weighted by molar-refractivity contribution is 6.01. The van der Waals surface area contributed by atoms with Crippen LogP contribution in [-0.2, 0) is 6.18 Å². The molecule has 0 aliphatic rings. The summed E-state index contributed by atoms with van der Waals surface area (Å²) in [5.74, 6) is 0.296. The molecule has 0 spiro atoms. The fourth-order valence-electron chi connectivity index (χ4n) is 1.93. The summed E-state index contributed by atoms with van der Waals surface area (Å²) in [4.78, 5) is 11.9. The summed E-state index contributed by atoms with van der Waals surface area (Å²) in [5.41, 5.74) is 5.03. The quantitative estimate of drug-likeness (QED) is 0.748. The molecule has 0 saturated heterocycles. The van der Waals surface area contributed by atoms with Crippen LogP contribution < -0.4 is 21.1 Å². The van der Waals surface area contributed by atoms with E-state index in [2.05, 4.69) is 10.6 Å². The van der Waals surface area contributed by atoms with Crippen molar-refractivity contribution in [2.24, 2.45) is 0 Å². The van der Waals surface area contributed by atoms with Gasteiger partial charge in [-0.25, -0.2) is 4.79 Å². The zero-order valence-electron chi connectivity index (χ0n) is 12.1. The van der Waals surface area contributed by atoms with Crippen molar-refractivity contribution in [3.8, 4) is 5.75 Å². The minimum Gasteiger partial charge on any atom is -0.494 e. The number of halogens is 3. The minimum atomic E-state index is -4.57. The summed E-state index contributed by atoms with van der Waals surface area (Å²) in [5, 5.41) is 4.59. The number of hydrogen-bond donors (Lipinski definition) is 3. The third-order valence-electron chi connectivity index (χ3n) is 2.95. The van der Waals surface area contributed by atoms with Crippen LogP contribution in [0.5, 0.6) is 5.75 Å². The molecule has 0 aliphatic heterocycles. The Balaban J connectivity index is 2.18. The maximum Gasteiger partial charge on any atom is 0.418 e. The van der Waals surface area contributed by atoms with Gasteiger partial charge in [0.25, 0.3) is 0 Å². The Kier molecular flexibility index (Phi) is 4.63. The molecule has 23 heavy (non-hydrogen) atoms. The van der Waals surface area contributed by atoms with Gasteiger partial charge >= 0.3 is 12.2 Å². The lowest BCUT2D eigenvalue weighted by Gasteiger charge is -2.15. The van der Waals surface area contributed by atoms with Crippen molar-refractivity contribution in [1.82, 2.24) is 0 Å². The first-order valence-corrected chi connectivity index (χ1v) is 6.49. The van der Waals surface area contributed by atoms with Crippen LogP contribution in [0.25, 0.3) is 0 Å². The fraction of sp³-hybridized carbons (Fsp3) is 0.133. The van der Waals surface area contributed by atoms with E-state index < -0.39 is 17.8 Å². The summed E-state index contributed by atoms with van der Waals surface area (Å²) < 4.78 is 43.7. The Hall–Kier alpha value is -2.90. The molecule has 0 aliphatic carbocycles. The molecule has 0 radical (unpaired) electrons. The lowest BCUT2D eigenvalue weighted by molar-refractivity contribution is -0.136. The monoisotopic (exact) mass is 325 g/mol. The van der Waals surface area contributed by atoms with Crippen LogP contribution in [0.2, 0.25) is 0 Å². The molecule has 2 aromatic rings. The number of methoxy groups -OCH3 is 1. The maximum absolute atomic E-state index is 12.9. The lowest BCUT2D eigenvalue weighted by Crippen LogP contribution is -2.22. The second-order valence-electron chi connectivity index (χ2n) is 4.58. The molecule has 5 nitrogen and oxygen atoms in total. The van der Waals surface area contributed by atoms with Crippen LogP contribution in [0.15, 0.2) is 42.5 Å². The highest BCUT2D eigenvalue weighted by Gasteiger charge is 2.33. The Morgan fingerprint density at radius 1 is 1.09 bits per heavy atom. The van der Waals surface area contributed by atoms with Crippen molar-refractivity contribution in [3.63, 3.8) is 0 Å². The van der Waals surface area contributed by atoms with Gasteiger partial charge in [-0.3, -0.25) is 0 Å². The van der Waals surface area contributed by atoms with E-state index >= 15 is 0 Å². The lowest BCUT2D eigenvalue weighted by atomic mass is 10.1. The second-order valence-corrected chi connectivity index (χ2v) is 4.58. The van der Waals surface area contributed by atoms with Crippen molar-refractivity contribution < 1.29 is 22.7 Å². The highest BCUT2D eigenvalue weighted by atomic mass is 19.4. The van der Waals surface area contributed by atoms with Crippen molar-refractivity contribution >= 4 is 23.1 Å². The first kappa shape index (κ1) is 16.5. The summed E-state index contributed by atoms with van der Waals surface area (Å²) in [6, 6.07) is 8.38. The number of urea groups is 1. The van der Waals surface area contributed by atoms with Crippen LogP contribution in [0.4, 0.5) is 35.0 Å². The number of alkyl halides is 3. The molecular formula is C15H14F3N3O2. The van der Waals surface area contributed by atoms with Crippen molar-refractivity contribution in [3.05, 3.63) is 48.0 Å². The molecule has 0 bridgehead atoms. The number of benzene rings is 2. The topological polar surface area (TPSA) is 76.4 Å². The van der Waals surface area contributed by atoms with E-state index in [-0.39, 0.29) is 11.4 Å². The summed E-state index contributed by atoms with van der Waals surface area (Å²) >= 11 is 0. The Morgan fingerprint density at radius 3 is 2.39 bits per heavy atom. The van der Waals surface area contributed by atoms with Gasteiger partial charge in [0.1, 0.15) is 5.75 Å². The largest absolute Gasteiger partial charge is 0.494 e. The number of nitrogen functional groups attached to an aromatic ring is 1. The molecule has 0 saturated carbocycles. The zero-order chi connectivity index (χ0) is 17.0. The number of nitrogens with one attached hydrogen (secondary N) is 2. The van der Waals surface area contributed by atoms with Gasteiger partial charge in [-0.2, -0.15) is 13.2 Å². The third kappa shape index (κ3) is 4.06. The van der Waals surface area contributed by atoms with E-state index in [1.165, 1.54) is 43.5 Å². The van der Waals surface area contributed by atoms with Crippen LogP contribution in [0.1, 0.15) is 5.56 Å². The molecule has 0 atom stereocenters. The van der Waals surface area contributed by atoms with E-state index in [1.54, 1.807) is 0 Å². The highest BCUT2D eigenvalue weighted by Crippen LogP contribution is 2.34. The number of anilines is 3. The number of rotatable bonds is 3. The van der Waals surface area contributed by atoms with Crippen molar-refractivity contribution in [2.75, 3.05) is 23.5 Å². The number of hydrogen-bond acceptors (Lipinski definition) is 3. The summed E-state index contributed by atoms with van der Waals surface area (Å²) in [7, 11) is 1.39. The number of carbonyl (C=O) groups is 1. The number of amides is 2. The van der Waals surface area contributed by atoms with E-state index in [0.29, 0.717) is 11.4 Å². The number of ether oxygens (including phenoxy) is 1. The average molecular weight is 325 g/mol. The molecule has 0 heterocycles. The van der Waals surface area contributed by atoms with Crippen LogP contribution in [-0.4, -0.2) is 13.1 Å². The van der Waals surface area contributed by atoms with Crippen molar-refractivity contribution in [2.45, 2.75) is 6.18 Å². The van der Waals surface area contributed by atoms with Crippen LogP contribution in [0.3, 0.4) is 0 Å². The van der Waals surface area contributed by atoms with E-state index in [9.17, 15) is 18.0 Å². The smallest absolute Gasteiger partial charge is 0.418 e. The van der Waals surface area contributed by atoms with E-state index in [4.69, 9.17) is 10.5 Å². The minimum absolute atomic E-state index is 0.281. The van der Waals surface area contributed by atoms with Crippen LogP contribution in [0, 0.1) is 0 Å². The molecule has 0 fully saturated rings. The van der Waals surface area contributed by atoms with Crippen LogP contribution >= 0.6 is 0 Å². The van der Waals surface area contributed by atoms with E-state index in [1.807, 2.05) is 0 Å². The van der Waals surface area contributed by atoms with E-state index in [0.717, 1.165) is 6.07 Å². The van der Waals surface area contributed by atoms with Gasteiger partial charge in [-0.05, 0) is 24.3 Å². The SMILES string of the molecule is COc1cc(N)ccc1NC(=O)Nc1ccccc1C(F)(F)F. The summed E-state index contributed by atoms with van der Waals surface area (Å²) in [6.07, 6.45) is -4.57. The van der Waals surface area contributed by atoms with Gasteiger partial charge in [0, 0.05) is 11.8 Å². The molecule has 2 rings (SSSR count). The molecule has 0 aromatic heterocycles. The fourth-order valence-corrected chi connectivity index (χ4v) is 1.93. The predicted octanol–water partition coefficient (Wildman–Crippen LogP) is 3.94. The maximum atomic E-state index is 12.9. The molecule has 8 heteroatoms. The van der Waals surface area contributed by atoms with Gasteiger partial charge in [-0.1, -0.05) is 12.1 Å². The Morgan fingerprint density at radius 2 is 1.74 bits per heavy atom. The first-order valence-electron chi connectivity index (χ1n) is 6.49. The molecule has 2 amide bonds. The second kappa shape index (κ2) is 6.47. The standard InChI is InChI=1S/C15H14F3N3O2/c1-23-13-8-9(19)6-7-12(13)21-14(22)20-11-5-3-2-4-10(11)15(16,17)18/h2-8H,19H2,1H3,(H2,20,21,22). The van der Waals surface area contributed by atoms with Gasteiger partial charge < -0.3 is 21.1 Å². The zero-order valence-corrected chi connectivity index (χ0v) is 12.1. The third-order valence-corrected chi connectivity index (χ3v) is 2.95. The molecule has 2 aromatic carbocycles. The molecule has 122 valence electrons. The van der Waals surface area contributed by atoms with Gasteiger partial charge in [0.05, 0.1) is 24.0 Å². The molecule has 0 unspecified atom stereocenters. The molecular weight excluding hydrogens is 311 g/mol. The number of para-hydroxylation sites is 1. The summed E-state index contributed by atoms with van der Waals surface area (Å²) in [6.45, 7) is 0. The number of carbonyl (C=O) groups excluding carboxylic acids is 1. The predicted molar refractivity (Wildman–Crippen MR) is 81.5 cm³/mol.